The Morgan fingerprint density at radius 3 is 2.47 bits per heavy atom. The molecule has 1 heterocycles. The number of hydrogen-bond donors (Lipinski definition) is 1. The zero-order valence-electron chi connectivity index (χ0n) is 10.8. The molecule has 2 N–H and O–H groups in total. The molecule has 0 spiro atoms. The molecule has 1 rings (SSSR count). The summed E-state index contributed by atoms with van der Waals surface area (Å²) >= 11 is 4.99. The molecule has 1 fully saturated rings. The van der Waals surface area contributed by atoms with Crippen molar-refractivity contribution in [2.24, 2.45) is 11.7 Å². The molecule has 0 saturated carbocycles. The maximum atomic E-state index is 11.9. The lowest BCUT2D eigenvalue weighted by atomic mass is 9.96. The fourth-order valence-corrected chi connectivity index (χ4v) is 2.51. The van der Waals surface area contributed by atoms with Crippen LogP contribution in [0, 0.1) is 5.92 Å². The maximum Gasteiger partial charge on any atom is 0.222 e. The second kappa shape index (κ2) is 7.64. The predicted octanol–water partition coefficient (Wildman–Crippen LogP) is 2.48. The first-order chi connectivity index (χ1) is 8.15. The first-order valence-corrected chi connectivity index (χ1v) is 7.13. The molecule has 0 aromatic rings. The van der Waals surface area contributed by atoms with E-state index in [0.29, 0.717) is 23.2 Å². The minimum Gasteiger partial charge on any atom is -0.393 e. The van der Waals surface area contributed by atoms with Crippen LogP contribution in [0.1, 0.15) is 51.9 Å². The van der Waals surface area contributed by atoms with Gasteiger partial charge in [-0.25, -0.2) is 0 Å². The smallest absolute Gasteiger partial charge is 0.222 e. The molecular formula is C13H24N2OS. The quantitative estimate of drug-likeness (QED) is 0.586. The van der Waals surface area contributed by atoms with Gasteiger partial charge in [0.25, 0.3) is 0 Å². The van der Waals surface area contributed by atoms with Gasteiger partial charge in [-0.15, -0.1) is 0 Å². The average molecular weight is 256 g/mol. The number of rotatable bonds is 6. The van der Waals surface area contributed by atoms with Crippen LogP contribution in [0.15, 0.2) is 0 Å². The molecule has 17 heavy (non-hydrogen) atoms. The number of unbranched alkanes of at least 4 members (excludes halogenated alkanes) is 3. The van der Waals surface area contributed by atoms with E-state index >= 15 is 0 Å². The van der Waals surface area contributed by atoms with Crippen LogP contribution in [0.2, 0.25) is 0 Å². The number of carbonyl (C=O) groups is 1. The maximum absolute atomic E-state index is 11.9. The van der Waals surface area contributed by atoms with Gasteiger partial charge in [0, 0.05) is 25.4 Å². The topological polar surface area (TPSA) is 46.3 Å². The number of likely N-dealkylation sites (tertiary alicyclic amines) is 1. The third-order valence-electron chi connectivity index (χ3n) is 3.49. The average Bonchev–Trinajstić information content (AvgIpc) is 2.34. The fraction of sp³-hybridized carbons (Fsp3) is 0.846. The second-order valence-electron chi connectivity index (χ2n) is 4.87. The summed E-state index contributed by atoms with van der Waals surface area (Å²) in [5.41, 5.74) is 5.63. The lowest BCUT2D eigenvalue weighted by molar-refractivity contribution is -0.132. The molecule has 3 nitrogen and oxygen atoms in total. The summed E-state index contributed by atoms with van der Waals surface area (Å²) in [5, 5.41) is 0. The van der Waals surface area contributed by atoms with Gasteiger partial charge in [0.1, 0.15) is 0 Å². The summed E-state index contributed by atoms with van der Waals surface area (Å²) in [6, 6.07) is 0. The van der Waals surface area contributed by atoms with Crippen molar-refractivity contribution in [2.45, 2.75) is 51.9 Å². The van der Waals surface area contributed by atoms with E-state index in [-0.39, 0.29) is 0 Å². The highest BCUT2D eigenvalue weighted by Gasteiger charge is 2.23. The number of carbonyl (C=O) groups excluding carboxylic acids is 1. The third kappa shape index (κ3) is 5.02. The third-order valence-corrected chi connectivity index (χ3v) is 3.83. The predicted molar refractivity (Wildman–Crippen MR) is 74.8 cm³/mol. The van der Waals surface area contributed by atoms with E-state index in [1.807, 2.05) is 4.90 Å². The Bertz CT molecular complexity index is 260. The molecular weight excluding hydrogens is 232 g/mol. The van der Waals surface area contributed by atoms with Gasteiger partial charge in [-0.05, 0) is 19.3 Å². The number of piperidine rings is 1. The molecule has 4 heteroatoms. The van der Waals surface area contributed by atoms with Crippen LogP contribution >= 0.6 is 12.2 Å². The fourth-order valence-electron chi connectivity index (χ4n) is 2.27. The molecule has 0 aromatic heterocycles. The van der Waals surface area contributed by atoms with Gasteiger partial charge in [0.15, 0.2) is 0 Å². The molecule has 0 atom stereocenters. The van der Waals surface area contributed by atoms with E-state index in [1.54, 1.807) is 0 Å². The zero-order chi connectivity index (χ0) is 12.7. The highest BCUT2D eigenvalue weighted by molar-refractivity contribution is 7.80. The number of amides is 1. The van der Waals surface area contributed by atoms with Crippen LogP contribution in [0.5, 0.6) is 0 Å². The van der Waals surface area contributed by atoms with Gasteiger partial charge >= 0.3 is 0 Å². The largest absolute Gasteiger partial charge is 0.393 e. The highest BCUT2D eigenvalue weighted by atomic mass is 32.1. The van der Waals surface area contributed by atoms with Crippen molar-refractivity contribution in [1.82, 2.24) is 4.90 Å². The lowest BCUT2D eigenvalue weighted by Crippen LogP contribution is -2.41. The number of nitrogens with zero attached hydrogens (tertiary/aromatic N) is 1. The Morgan fingerprint density at radius 1 is 1.29 bits per heavy atom. The van der Waals surface area contributed by atoms with Gasteiger partial charge in [-0.1, -0.05) is 38.4 Å². The van der Waals surface area contributed by atoms with Crippen LogP contribution in [0.4, 0.5) is 0 Å². The number of nitrogens with two attached hydrogens (primary N) is 1. The monoisotopic (exact) mass is 256 g/mol. The van der Waals surface area contributed by atoms with Crippen LogP contribution in [-0.2, 0) is 4.79 Å². The Balaban J connectivity index is 2.19. The van der Waals surface area contributed by atoms with Crippen LogP contribution in [0.25, 0.3) is 0 Å². The van der Waals surface area contributed by atoms with Gasteiger partial charge in [-0.3, -0.25) is 4.79 Å². The Morgan fingerprint density at radius 2 is 1.94 bits per heavy atom. The van der Waals surface area contributed by atoms with E-state index in [2.05, 4.69) is 6.92 Å². The van der Waals surface area contributed by atoms with Gasteiger partial charge in [-0.2, -0.15) is 0 Å². The Hall–Kier alpha value is -0.640. The second-order valence-corrected chi connectivity index (χ2v) is 5.34. The summed E-state index contributed by atoms with van der Waals surface area (Å²) in [7, 11) is 0. The summed E-state index contributed by atoms with van der Waals surface area (Å²) in [6.07, 6.45) is 7.24. The SMILES string of the molecule is CCCCCCC(=O)N1CCC(C(N)=S)CC1. The molecule has 1 aliphatic rings. The summed E-state index contributed by atoms with van der Waals surface area (Å²) < 4.78 is 0. The summed E-state index contributed by atoms with van der Waals surface area (Å²) in [6.45, 7) is 3.84. The standard InChI is InChI=1S/C13H24N2OS/c1-2-3-4-5-6-12(16)15-9-7-11(8-10-15)13(14)17/h11H,2-10H2,1H3,(H2,14,17). The molecule has 98 valence electrons. The van der Waals surface area contributed by atoms with Crippen molar-refractivity contribution < 1.29 is 4.79 Å². The number of thiocarbonyl (C=S) groups is 1. The summed E-state index contributed by atoms with van der Waals surface area (Å²) in [4.78, 5) is 14.5. The molecule has 1 saturated heterocycles. The van der Waals surface area contributed by atoms with Crippen LogP contribution in [-0.4, -0.2) is 28.9 Å². The first kappa shape index (κ1) is 14.4. The van der Waals surface area contributed by atoms with Gasteiger partial charge < -0.3 is 10.6 Å². The minimum atomic E-state index is 0.308. The lowest BCUT2D eigenvalue weighted by Gasteiger charge is -2.31. The van der Waals surface area contributed by atoms with E-state index < -0.39 is 0 Å². The highest BCUT2D eigenvalue weighted by Crippen LogP contribution is 2.18. The minimum absolute atomic E-state index is 0.308. The molecule has 0 aromatic carbocycles. The van der Waals surface area contributed by atoms with Crippen molar-refractivity contribution in [2.75, 3.05) is 13.1 Å². The van der Waals surface area contributed by atoms with Gasteiger partial charge in [0.05, 0.1) is 4.99 Å². The van der Waals surface area contributed by atoms with Crippen LogP contribution < -0.4 is 5.73 Å². The van der Waals surface area contributed by atoms with E-state index in [9.17, 15) is 4.79 Å². The molecule has 1 amide bonds. The van der Waals surface area contributed by atoms with E-state index in [4.69, 9.17) is 18.0 Å². The van der Waals surface area contributed by atoms with Gasteiger partial charge in [0.2, 0.25) is 5.91 Å². The van der Waals surface area contributed by atoms with E-state index in [1.165, 1.54) is 19.3 Å². The van der Waals surface area contributed by atoms with Crippen molar-refractivity contribution in [1.29, 1.82) is 0 Å². The zero-order valence-corrected chi connectivity index (χ0v) is 11.6. The van der Waals surface area contributed by atoms with E-state index in [0.717, 1.165) is 32.4 Å². The van der Waals surface area contributed by atoms with Crippen molar-refractivity contribution in [3.8, 4) is 0 Å². The molecule has 0 bridgehead atoms. The Labute approximate surface area is 110 Å². The number of hydrogen-bond acceptors (Lipinski definition) is 2. The van der Waals surface area contributed by atoms with Crippen molar-refractivity contribution in [3.63, 3.8) is 0 Å². The van der Waals surface area contributed by atoms with Crippen molar-refractivity contribution >= 4 is 23.1 Å². The molecule has 0 aliphatic carbocycles. The first-order valence-electron chi connectivity index (χ1n) is 6.72. The summed E-state index contributed by atoms with van der Waals surface area (Å²) in [5.74, 6) is 0.650. The molecule has 0 unspecified atom stereocenters. The molecule has 0 radical (unpaired) electrons. The molecule has 1 aliphatic heterocycles. The Kier molecular flexibility index (Phi) is 6.48. The van der Waals surface area contributed by atoms with Crippen molar-refractivity contribution in [3.05, 3.63) is 0 Å². The normalized spacial score (nSPS) is 17.1. The van der Waals surface area contributed by atoms with Crippen LogP contribution in [0.3, 0.4) is 0 Å².